The molecule has 3 aromatic rings. The lowest BCUT2D eigenvalue weighted by atomic mass is 10.0. The van der Waals surface area contributed by atoms with Crippen LogP contribution in [-0.2, 0) is 17.9 Å². The van der Waals surface area contributed by atoms with E-state index in [-0.39, 0.29) is 11.9 Å². The molecule has 26 heavy (non-hydrogen) atoms. The van der Waals surface area contributed by atoms with Gasteiger partial charge in [-0.15, -0.1) is 0 Å². The summed E-state index contributed by atoms with van der Waals surface area (Å²) in [5, 5.41) is 0. The Kier molecular flexibility index (Phi) is 4.44. The van der Waals surface area contributed by atoms with Gasteiger partial charge in [-0.05, 0) is 24.1 Å². The average molecular weight is 343 g/mol. The maximum atomic E-state index is 11.9. The molecule has 1 aliphatic rings. The molecule has 0 N–H and O–H groups in total. The Balaban J connectivity index is 1.66. The van der Waals surface area contributed by atoms with E-state index in [4.69, 9.17) is 4.74 Å². The molecule has 3 aromatic carbocycles. The number of carbonyl (C=O) groups excluding carboxylic acids is 1. The number of hydrogen-bond donors (Lipinski definition) is 0. The van der Waals surface area contributed by atoms with Crippen LogP contribution < -0.4 is 9.64 Å². The highest BCUT2D eigenvalue weighted by molar-refractivity contribution is 5.86. The van der Waals surface area contributed by atoms with Crippen LogP contribution >= 0.6 is 0 Å². The first-order valence-electron chi connectivity index (χ1n) is 8.89. The van der Waals surface area contributed by atoms with Crippen molar-refractivity contribution in [3.8, 4) is 5.75 Å². The summed E-state index contributed by atoms with van der Waals surface area (Å²) in [4.78, 5) is 14.2. The minimum Gasteiger partial charge on any atom is -0.426 e. The Morgan fingerprint density at radius 1 is 0.846 bits per heavy atom. The minimum atomic E-state index is -0.184. The fourth-order valence-electron chi connectivity index (χ4n) is 3.34. The first-order valence-corrected chi connectivity index (χ1v) is 8.89. The third kappa shape index (κ3) is 3.33. The number of benzene rings is 3. The molecule has 0 spiro atoms. The van der Waals surface area contributed by atoms with Crippen LogP contribution in [0, 0.1) is 0 Å². The standard InChI is InChI=1S/C23H21NO2/c1-17-21-13-12-20(14-22(21)26-23(17)25)24(15-18-8-4-2-5-9-18)16-19-10-6-3-7-11-19/h2-14,17H,15-16H2,1H3. The summed E-state index contributed by atoms with van der Waals surface area (Å²) in [6, 6.07) is 26.9. The summed E-state index contributed by atoms with van der Waals surface area (Å²) in [7, 11) is 0. The smallest absolute Gasteiger partial charge is 0.318 e. The molecule has 3 heteroatoms. The Morgan fingerprint density at radius 2 is 1.42 bits per heavy atom. The maximum Gasteiger partial charge on any atom is 0.318 e. The summed E-state index contributed by atoms with van der Waals surface area (Å²) >= 11 is 0. The molecule has 0 fully saturated rings. The highest BCUT2D eigenvalue weighted by Gasteiger charge is 2.29. The number of anilines is 1. The van der Waals surface area contributed by atoms with Crippen LogP contribution in [0.5, 0.6) is 5.75 Å². The van der Waals surface area contributed by atoms with Crippen LogP contribution in [0.25, 0.3) is 0 Å². The second kappa shape index (κ2) is 7.04. The quantitative estimate of drug-likeness (QED) is 0.487. The van der Waals surface area contributed by atoms with E-state index in [1.54, 1.807) is 0 Å². The van der Waals surface area contributed by atoms with Gasteiger partial charge in [0.15, 0.2) is 0 Å². The normalized spacial score (nSPS) is 15.4. The summed E-state index contributed by atoms with van der Waals surface area (Å²) in [6.07, 6.45) is 0. The molecule has 1 heterocycles. The lowest BCUT2D eigenvalue weighted by Crippen LogP contribution is -2.22. The second-order valence-corrected chi connectivity index (χ2v) is 6.69. The predicted molar refractivity (Wildman–Crippen MR) is 103 cm³/mol. The van der Waals surface area contributed by atoms with Crippen molar-refractivity contribution in [3.63, 3.8) is 0 Å². The number of hydrogen-bond acceptors (Lipinski definition) is 3. The molecule has 130 valence electrons. The molecule has 0 bridgehead atoms. The summed E-state index contributed by atoms with van der Waals surface area (Å²) in [5.41, 5.74) is 4.51. The molecule has 3 nitrogen and oxygen atoms in total. The Morgan fingerprint density at radius 3 is 2.00 bits per heavy atom. The molecule has 1 atom stereocenters. The fraction of sp³-hybridized carbons (Fsp3) is 0.174. The number of carbonyl (C=O) groups is 1. The van der Waals surface area contributed by atoms with Crippen molar-refractivity contribution in [2.75, 3.05) is 4.90 Å². The predicted octanol–water partition coefficient (Wildman–Crippen LogP) is 4.92. The van der Waals surface area contributed by atoms with Gasteiger partial charge in [-0.2, -0.15) is 0 Å². The van der Waals surface area contributed by atoms with Crippen molar-refractivity contribution in [1.82, 2.24) is 0 Å². The zero-order valence-electron chi connectivity index (χ0n) is 14.8. The van der Waals surface area contributed by atoms with Gasteiger partial charge in [-0.25, -0.2) is 0 Å². The van der Waals surface area contributed by atoms with E-state index in [2.05, 4.69) is 59.5 Å². The molecular weight excluding hydrogens is 322 g/mol. The second-order valence-electron chi connectivity index (χ2n) is 6.69. The van der Waals surface area contributed by atoms with E-state index < -0.39 is 0 Å². The van der Waals surface area contributed by atoms with Crippen molar-refractivity contribution in [2.45, 2.75) is 25.9 Å². The number of rotatable bonds is 5. The maximum absolute atomic E-state index is 11.9. The van der Waals surface area contributed by atoms with Gasteiger partial charge < -0.3 is 9.64 Å². The van der Waals surface area contributed by atoms with E-state index in [1.807, 2.05) is 31.2 Å². The SMILES string of the molecule is CC1C(=O)Oc2cc(N(Cc3ccccc3)Cc3ccccc3)ccc21. The zero-order chi connectivity index (χ0) is 17.9. The third-order valence-electron chi connectivity index (χ3n) is 4.83. The summed E-state index contributed by atoms with van der Waals surface area (Å²) in [6.45, 7) is 3.47. The van der Waals surface area contributed by atoms with Crippen molar-refractivity contribution >= 4 is 11.7 Å². The highest BCUT2D eigenvalue weighted by Crippen LogP contribution is 2.37. The lowest BCUT2D eigenvalue weighted by molar-refractivity contribution is -0.133. The van der Waals surface area contributed by atoms with Gasteiger partial charge in [0, 0.05) is 30.4 Å². The zero-order valence-corrected chi connectivity index (χ0v) is 14.8. The van der Waals surface area contributed by atoms with Gasteiger partial charge in [-0.3, -0.25) is 4.79 Å². The van der Waals surface area contributed by atoms with E-state index in [0.29, 0.717) is 5.75 Å². The number of ether oxygens (including phenoxy) is 1. The van der Waals surface area contributed by atoms with E-state index in [9.17, 15) is 4.79 Å². The van der Waals surface area contributed by atoms with Gasteiger partial charge in [0.2, 0.25) is 0 Å². The molecule has 0 saturated heterocycles. The van der Waals surface area contributed by atoms with Crippen LogP contribution in [0.2, 0.25) is 0 Å². The van der Waals surface area contributed by atoms with E-state index in [1.165, 1.54) is 11.1 Å². The van der Waals surface area contributed by atoms with Crippen molar-refractivity contribution in [2.24, 2.45) is 0 Å². The molecule has 1 aliphatic heterocycles. The Hall–Kier alpha value is -3.07. The van der Waals surface area contributed by atoms with Crippen molar-refractivity contribution < 1.29 is 9.53 Å². The van der Waals surface area contributed by atoms with E-state index >= 15 is 0 Å². The highest BCUT2D eigenvalue weighted by atomic mass is 16.5. The monoisotopic (exact) mass is 343 g/mol. The topological polar surface area (TPSA) is 29.5 Å². The Labute approximate surface area is 153 Å². The van der Waals surface area contributed by atoms with Crippen LogP contribution in [0.15, 0.2) is 78.9 Å². The molecule has 0 saturated carbocycles. The first-order chi connectivity index (χ1) is 12.7. The molecule has 1 unspecified atom stereocenters. The average Bonchev–Trinajstić information content (AvgIpc) is 2.96. The summed E-state index contributed by atoms with van der Waals surface area (Å²) in [5.74, 6) is 0.330. The largest absolute Gasteiger partial charge is 0.426 e. The lowest BCUT2D eigenvalue weighted by Gasteiger charge is -2.25. The van der Waals surface area contributed by atoms with Crippen molar-refractivity contribution in [1.29, 1.82) is 0 Å². The van der Waals surface area contributed by atoms with E-state index in [0.717, 1.165) is 24.3 Å². The third-order valence-corrected chi connectivity index (χ3v) is 4.83. The van der Waals surface area contributed by atoms with Crippen LogP contribution in [0.3, 0.4) is 0 Å². The molecule has 4 rings (SSSR count). The molecule has 0 aromatic heterocycles. The Bertz CT molecular complexity index is 865. The van der Waals surface area contributed by atoms with Gasteiger partial charge in [0.05, 0.1) is 5.92 Å². The minimum absolute atomic E-state index is 0.171. The van der Waals surface area contributed by atoms with Crippen LogP contribution in [-0.4, -0.2) is 5.97 Å². The molecule has 0 amide bonds. The fourth-order valence-corrected chi connectivity index (χ4v) is 3.34. The number of nitrogens with zero attached hydrogens (tertiary/aromatic N) is 1. The first kappa shape index (κ1) is 16.4. The molecular formula is C23H21NO2. The number of fused-ring (bicyclic) bond motifs is 1. The van der Waals surface area contributed by atoms with Crippen molar-refractivity contribution in [3.05, 3.63) is 95.6 Å². The van der Waals surface area contributed by atoms with Crippen LogP contribution in [0.1, 0.15) is 29.5 Å². The molecule has 0 radical (unpaired) electrons. The van der Waals surface area contributed by atoms with Crippen LogP contribution in [0.4, 0.5) is 5.69 Å². The van der Waals surface area contributed by atoms with Gasteiger partial charge >= 0.3 is 5.97 Å². The van der Waals surface area contributed by atoms with Gasteiger partial charge in [0.25, 0.3) is 0 Å². The van der Waals surface area contributed by atoms with Gasteiger partial charge in [0.1, 0.15) is 5.75 Å². The molecule has 0 aliphatic carbocycles. The summed E-state index contributed by atoms with van der Waals surface area (Å²) < 4.78 is 5.44. The van der Waals surface area contributed by atoms with Gasteiger partial charge in [-0.1, -0.05) is 66.7 Å². The number of esters is 1.